The summed E-state index contributed by atoms with van der Waals surface area (Å²) in [7, 11) is 0. The molecule has 0 saturated heterocycles. The quantitative estimate of drug-likeness (QED) is 0.902. The maximum absolute atomic E-state index is 10.7. The molecule has 94 valence electrons. The van der Waals surface area contributed by atoms with Crippen molar-refractivity contribution in [2.45, 2.75) is 27.3 Å². The predicted octanol–water partition coefficient (Wildman–Crippen LogP) is 2.56. The van der Waals surface area contributed by atoms with Gasteiger partial charge in [0, 0.05) is 11.3 Å². The summed E-state index contributed by atoms with van der Waals surface area (Å²) in [6.07, 6.45) is 1.74. The van der Waals surface area contributed by atoms with Gasteiger partial charge in [0.15, 0.2) is 0 Å². The van der Waals surface area contributed by atoms with Crippen LogP contribution in [-0.4, -0.2) is 20.9 Å². The normalized spacial score (nSPS) is 10.6. The van der Waals surface area contributed by atoms with Gasteiger partial charge in [-0.05, 0) is 31.9 Å². The molecule has 1 aromatic heterocycles. The van der Waals surface area contributed by atoms with Gasteiger partial charge >= 0.3 is 5.97 Å². The average Bonchev–Trinajstić information content (AvgIpc) is 2.64. The van der Waals surface area contributed by atoms with Gasteiger partial charge in [-0.3, -0.25) is 9.48 Å². The van der Waals surface area contributed by atoms with Crippen LogP contribution in [0.1, 0.15) is 16.8 Å². The molecule has 0 saturated carbocycles. The first-order valence-electron chi connectivity index (χ1n) is 5.81. The van der Waals surface area contributed by atoms with Gasteiger partial charge in [0.1, 0.15) is 6.54 Å². The molecule has 18 heavy (non-hydrogen) atoms. The zero-order chi connectivity index (χ0) is 13.3. The van der Waals surface area contributed by atoms with E-state index in [-0.39, 0.29) is 6.54 Å². The molecule has 0 aliphatic rings. The first-order valence-corrected chi connectivity index (χ1v) is 5.81. The Balaban J connectivity index is 2.48. The summed E-state index contributed by atoms with van der Waals surface area (Å²) in [6, 6.07) is 6.24. The molecule has 4 heteroatoms. The molecule has 0 fully saturated rings. The first kappa shape index (κ1) is 12.4. The Hall–Kier alpha value is -2.10. The molecular formula is C14H16N2O2. The molecule has 0 aliphatic carbocycles. The van der Waals surface area contributed by atoms with Crippen LogP contribution in [0.5, 0.6) is 0 Å². The minimum Gasteiger partial charge on any atom is -0.480 e. The highest BCUT2D eigenvalue weighted by molar-refractivity contribution is 5.71. The maximum Gasteiger partial charge on any atom is 0.325 e. The molecule has 0 bridgehead atoms. The Morgan fingerprint density at radius 1 is 1.28 bits per heavy atom. The number of nitrogens with zero attached hydrogens (tertiary/aromatic N) is 2. The summed E-state index contributed by atoms with van der Waals surface area (Å²) in [4.78, 5) is 10.7. The van der Waals surface area contributed by atoms with Gasteiger partial charge in [-0.1, -0.05) is 23.8 Å². The third kappa shape index (κ3) is 2.27. The molecule has 0 amide bonds. The topological polar surface area (TPSA) is 55.1 Å². The van der Waals surface area contributed by atoms with Crippen LogP contribution in [0, 0.1) is 20.8 Å². The second kappa shape index (κ2) is 4.64. The van der Waals surface area contributed by atoms with E-state index >= 15 is 0 Å². The third-order valence-electron chi connectivity index (χ3n) is 3.07. The Morgan fingerprint density at radius 2 is 2.00 bits per heavy atom. The van der Waals surface area contributed by atoms with Crippen LogP contribution >= 0.6 is 0 Å². The molecule has 0 spiro atoms. The Bertz CT molecular complexity index is 600. The van der Waals surface area contributed by atoms with E-state index in [1.54, 1.807) is 6.20 Å². The summed E-state index contributed by atoms with van der Waals surface area (Å²) in [6.45, 7) is 5.88. The van der Waals surface area contributed by atoms with Gasteiger partial charge < -0.3 is 5.11 Å². The lowest BCUT2D eigenvalue weighted by atomic mass is 9.99. The summed E-state index contributed by atoms with van der Waals surface area (Å²) >= 11 is 0. The Labute approximate surface area is 106 Å². The van der Waals surface area contributed by atoms with E-state index in [1.807, 2.05) is 20.8 Å². The van der Waals surface area contributed by atoms with Crippen molar-refractivity contribution in [3.8, 4) is 11.1 Å². The van der Waals surface area contributed by atoms with Crippen LogP contribution in [0.2, 0.25) is 0 Å². The smallest absolute Gasteiger partial charge is 0.325 e. The number of aryl methyl sites for hydroxylation is 2. The maximum atomic E-state index is 10.7. The molecule has 1 aromatic carbocycles. The van der Waals surface area contributed by atoms with Crippen molar-refractivity contribution in [1.29, 1.82) is 0 Å². The number of carboxylic acids is 1. The lowest BCUT2D eigenvalue weighted by Crippen LogP contribution is -2.11. The fraction of sp³-hybridized carbons (Fsp3) is 0.286. The van der Waals surface area contributed by atoms with Crippen molar-refractivity contribution in [1.82, 2.24) is 9.78 Å². The molecule has 0 radical (unpaired) electrons. The van der Waals surface area contributed by atoms with Gasteiger partial charge in [-0.2, -0.15) is 5.10 Å². The van der Waals surface area contributed by atoms with Crippen molar-refractivity contribution in [3.05, 3.63) is 41.2 Å². The number of rotatable bonds is 3. The van der Waals surface area contributed by atoms with Crippen molar-refractivity contribution in [2.24, 2.45) is 0 Å². The number of aromatic nitrogens is 2. The largest absolute Gasteiger partial charge is 0.480 e. The SMILES string of the molecule is Cc1ccc(C)c(-c2cnn(CC(=O)O)c2C)c1. The van der Waals surface area contributed by atoms with E-state index in [1.165, 1.54) is 15.8 Å². The van der Waals surface area contributed by atoms with Crippen LogP contribution < -0.4 is 0 Å². The highest BCUT2D eigenvalue weighted by Gasteiger charge is 2.12. The monoisotopic (exact) mass is 244 g/mol. The lowest BCUT2D eigenvalue weighted by Gasteiger charge is -2.07. The summed E-state index contributed by atoms with van der Waals surface area (Å²) in [5, 5.41) is 12.9. The van der Waals surface area contributed by atoms with Gasteiger partial charge in [-0.15, -0.1) is 0 Å². The van der Waals surface area contributed by atoms with E-state index in [9.17, 15) is 4.79 Å². The number of hydrogen-bond acceptors (Lipinski definition) is 2. The summed E-state index contributed by atoms with van der Waals surface area (Å²) in [5.74, 6) is -0.881. The summed E-state index contributed by atoms with van der Waals surface area (Å²) < 4.78 is 1.51. The minimum atomic E-state index is -0.881. The van der Waals surface area contributed by atoms with E-state index < -0.39 is 5.97 Å². The average molecular weight is 244 g/mol. The molecule has 1 N–H and O–H groups in total. The number of benzene rings is 1. The van der Waals surface area contributed by atoms with Crippen LogP contribution in [-0.2, 0) is 11.3 Å². The predicted molar refractivity (Wildman–Crippen MR) is 69.5 cm³/mol. The minimum absolute atomic E-state index is 0.100. The standard InChI is InChI=1S/C14H16N2O2/c1-9-4-5-10(2)12(6-9)13-7-15-16(11(13)3)8-14(17)18/h4-7H,8H2,1-3H3,(H,17,18). The van der Waals surface area contributed by atoms with Crippen molar-refractivity contribution in [2.75, 3.05) is 0 Å². The fourth-order valence-corrected chi connectivity index (χ4v) is 2.02. The van der Waals surface area contributed by atoms with Crippen molar-refractivity contribution in [3.63, 3.8) is 0 Å². The Kier molecular flexibility index (Phi) is 3.19. The lowest BCUT2D eigenvalue weighted by molar-refractivity contribution is -0.137. The number of hydrogen-bond donors (Lipinski definition) is 1. The van der Waals surface area contributed by atoms with E-state index in [0.717, 1.165) is 16.8 Å². The van der Waals surface area contributed by atoms with Crippen LogP contribution in [0.25, 0.3) is 11.1 Å². The van der Waals surface area contributed by atoms with E-state index in [4.69, 9.17) is 5.11 Å². The number of aliphatic carboxylic acids is 1. The molecule has 4 nitrogen and oxygen atoms in total. The highest BCUT2D eigenvalue weighted by Crippen LogP contribution is 2.27. The molecule has 2 rings (SSSR count). The number of carbonyl (C=O) groups is 1. The number of carboxylic acid groups (broad SMARTS) is 1. The van der Waals surface area contributed by atoms with Crippen LogP contribution in [0.15, 0.2) is 24.4 Å². The first-order chi connectivity index (χ1) is 8.49. The van der Waals surface area contributed by atoms with Crippen molar-refractivity contribution >= 4 is 5.97 Å². The fourth-order valence-electron chi connectivity index (χ4n) is 2.02. The van der Waals surface area contributed by atoms with E-state index in [0.29, 0.717) is 0 Å². The highest BCUT2D eigenvalue weighted by atomic mass is 16.4. The third-order valence-corrected chi connectivity index (χ3v) is 3.07. The molecule has 1 heterocycles. The summed E-state index contributed by atoms with van der Waals surface area (Å²) in [5.41, 5.74) is 5.34. The van der Waals surface area contributed by atoms with Crippen LogP contribution in [0.4, 0.5) is 0 Å². The zero-order valence-electron chi connectivity index (χ0n) is 10.8. The van der Waals surface area contributed by atoms with Crippen molar-refractivity contribution < 1.29 is 9.90 Å². The van der Waals surface area contributed by atoms with Crippen LogP contribution in [0.3, 0.4) is 0 Å². The molecule has 0 aliphatic heterocycles. The second-order valence-electron chi connectivity index (χ2n) is 4.51. The van der Waals surface area contributed by atoms with E-state index in [2.05, 4.69) is 23.3 Å². The molecule has 0 unspecified atom stereocenters. The van der Waals surface area contributed by atoms with Gasteiger partial charge in [0.2, 0.25) is 0 Å². The Morgan fingerprint density at radius 3 is 2.67 bits per heavy atom. The molecule has 2 aromatic rings. The molecule has 0 atom stereocenters. The zero-order valence-corrected chi connectivity index (χ0v) is 10.8. The molecular weight excluding hydrogens is 228 g/mol. The second-order valence-corrected chi connectivity index (χ2v) is 4.51. The van der Waals surface area contributed by atoms with Gasteiger partial charge in [0.25, 0.3) is 0 Å². The van der Waals surface area contributed by atoms with Gasteiger partial charge in [-0.25, -0.2) is 0 Å². The van der Waals surface area contributed by atoms with Gasteiger partial charge in [0.05, 0.1) is 6.20 Å².